The average molecular weight is 328 g/mol. The highest BCUT2D eigenvalue weighted by Crippen LogP contribution is 2.36. The summed E-state index contributed by atoms with van der Waals surface area (Å²) in [5.74, 6) is 0.436. The van der Waals surface area contributed by atoms with Crippen LogP contribution in [-0.2, 0) is 0 Å². The first-order valence-corrected chi connectivity index (χ1v) is 6.77. The van der Waals surface area contributed by atoms with Crippen molar-refractivity contribution in [3.8, 4) is 5.75 Å². The minimum Gasteiger partial charge on any atom is -0.497 e. The lowest BCUT2D eigenvalue weighted by atomic mass is 10.3. The van der Waals surface area contributed by atoms with Gasteiger partial charge in [-0.25, -0.2) is 4.39 Å². The van der Waals surface area contributed by atoms with E-state index < -0.39 is 0 Å². The van der Waals surface area contributed by atoms with Crippen molar-refractivity contribution in [2.75, 3.05) is 12.8 Å². The maximum atomic E-state index is 13.5. The molecule has 0 aliphatic rings. The lowest BCUT2D eigenvalue weighted by Gasteiger charge is -2.08. The van der Waals surface area contributed by atoms with E-state index in [0.717, 1.165) is 10.6 Å². The van der Waals surface area contributed by atoms with E-state index in [1.165, 1.54) is 17.8 Å². The van der Waals surface area contributed by atoms with E-state index in [0.29, 0.717) is 15.1 Å². The molecular weight excluding hydrogens is 317 g/mol. The second-order valence-corrected chi connectivity index (χ2v) is 5.55. The van der Waals surface area contributed by atoms with Gasteiger partial charge < -0.3 is 10.5 Å². The third-order valence-electron chi connectivity index (χ3n) is 2.32. The van der Waals surface area contributed by atoms with Crippen molar-refractivity contribution in [2.45, 2.75) is 9.79 Å². The molecule has 0 atom stereocenters. The van der Waals surface area contributed by atoms with Crippen LogP contribution < -0.4 is 10.5 Å². The van der Waals surface area contributed by atoms with Gasteiger partial charge in [0.1, 0.15) is 11.6 Å². The summed E-state index contributed by atoms with van der Waals surface area (Å²) in [6, 6.07) is 10.5. The second-order valence-electron chi connectivity index (χ2n) is 3.59. The van der Waals surface area contributed by atoms with Crippen LogP contribution in [0.4, 0.5) is 10.1 Å². The summed E-state index contributed by atoms with van der Waals surface area (Å²) < 4.78 is 19.0. The first-order valence-electron chi connectivity index (χ1n) is 5.16. The quantitative estimate of drug-likeness (QED) is 0.852. The van der Waals surface area contributed by atoms with Gasteiger partial charge in [0.2, 0.25) is 0 Å². The number of benzene rings is 2. The fourth-order valence-electron chi connectivity index (χ4n) is 1.42. The predicted molar refractivity (Wildman–Crippen MR) is 75.6 cm³/mol. The Labute approximate surface area is 117 Å². The second kappa shape index (κ2) is 5.63. The van der Waals surface area contributed by atoms with E-state index in [2.05, 4.69) is 15.9 Å². The molecule has 2 aromatic rings. The van der Waals surface area contributed by atoms with E-state index in [-0.39, 0.29) is 5.82 Å². The van der Waals surface area contributed by atoms with Crippen LogP contribution in [0.15, 0.2) is 50.7 Å². The maximum absolute atomic E-state index is 13.5. The van der Waals surface area contributed by atoms with E-state index in [4.69, 9.17) is 10.5 Å². The number of hydrogen-bond donors (Lipinski definition) is 1. The Hall–Kier alpha value is -1.20. The number of methoxy groups -OCH3 is 1. The van der Waals surface area contributed by atoms with Crippen molar-refractivity contribution in [3.05, 3.63) is 46.7 Å². The summed E-state index contributed by atoms with van der Waals surface area (Å²) in [5, 5.41) is 0. The Bertz CT molecular complexity index is 577. The molecule has 0 aliphatic carbocycles. The van der Waals surface area contributed by atoms with Crippen molar-refractivity contribution in [1.82, 2.24) is 0 Å². The van der Waals surface area contributed by atoms with Crippen molar-refractivity contribution in [3.63, 3.8) is 0 Å². The number of ether oxygens (including phenoxy) is 1. The molecule has 0 radical (unpaired) electrons. The van der Waals surface area contributed by atoms with E-state index >= 15 is 0 Å². The van der Waals surface area contributed by atoms with Gasteiger partial charge in [0.25, 0.3) is 0 Å². The minimum absolute atomic E-state index is 0.324. The van der Waals surface area contributed by atoms with Crippen molar-refractivity contribution in [1.29, 1.82) is 0 Å². The highest BCUT2D eigenvalue weighted by atomic mass is 79.9. The van der Waals surface area contributed by atoms with Crippen molar-refractivity contribution >= 4 is 33.4 Å². The molecule has 0 saturated carbocycles. The molecule has 0 aliphatic heterocycles. The van der Waals surface area contributed by atoms with Crippen LogP contribution in [0, 0.1) is 5.82 Å². The van der Waals surface area contributed by atoms with Crippen LogP contribution in [0.25, 0.3) is 0 Å². The van der Waals surface area contributed by atoms with Gasteiger partial charge in [0.05, 0.1) is 11.6 Å². The zero-order chi connectivity index (χ0) is 13.1. The molecule has 2 aromatic carbocycles. The molecule has 0 amide bonds. The normalized spacial score (nSPS) is 10.4. The molecule has 18 heavy (non-hydrogen) atoms. The Morgan fingerprint density at radius 3 is 2.78 bits per heavy atom. The Balaban J connectivity index is 2.30. The van der Waals surface area contributed by atoms with E-state index in [9.17, 15) is 4.39 Å². The summed E-state index contributed by atoms with van der Waals surface area (Å²) in [6.45, 7) is 0. The number of nitrogens with two attached hydrogens (primary N) is 1. The molecule has 0 heterocycles. The molecule has 5 heteroatoms. The molecule has 0 fully saturated rings. The average Bonchev–Trinajstić information content (AvgIpc) is 2.36. The van der Waals surface area contributed by atoms with Gasteiger partial charge >= 0.3 is 0 Å². The number of halogens is 2. The largest absolute Gasteiger partial charge is 0.497 e. The standard InChI is InChI=1S/C13H11BrFNOS/c1-17-8-3-2-4-9(5-8)18-13-7-11(15)10(14)6-12(13)16/h2-7H,16H2,1H3. The van der Waals surface area contributed by atoms with Crippen LogP contribution in [0.5, 0.6) is 5.75 Å². The Morgan fingerprint density at radius 1 is 1.28 bits per heavy atom. The van der Waals surface area contributed by atoms with Gasteiger partial charge in [-0.05, 0) is 46.3 Å². The predicted octanol–water partition coefficient (Wildman–Crippen LogP) is 4.33. The van der Waals surface area contributed by atoms with E-state index in [1.54, 1.807) is 13.2 Å². The first kappa shape index (κ1) is 13.2. The lowest BCUT2D eigenvalue weighted by molar-refractivity contribution is 0.413. The first-order chi connectivity index (χ1) is 8.60. The summed E-state index contributed by atoms with van der Waals surface area (Å²) in [4.78, 5) is 1.63. The topological polar surface area (TPSA) is 35.2 Å². The van der Waals surface area contributed by atoms with Gasteiger partial charge in [0.15, 0.2) is 0 Å². The summed E-state index contributed by atoms with van der Waals surface area (Å²) in [6.07, 6.45) is 0. The van der Waals surface area contributed by atoms with Crippen molar-refractivity contribution in [2.24, 2.45) is 0 Å². The summed E-state index contributed by atoms with van der Waals surface area (Å²) in [5.41, 5.74) is 6.40. The molecular formula is C13H11BrFNOS. The molecule has 0 aromatic heterocycles. The zero-order valence-corrected chi connectivity index (χ0v) is 12.0. The number of nitrogen functional groups attached to an aromatic ring is 1. The van der Waals surface area contributed by atoms with Crippen molar-refractivity contribution < 1.29 is 9.13 Å². The SMILES string of the molecule is COc1cccc(Sc2cc(F)c(Br)cc2N)c1. The third kappa shape index (κ3) is 2.97. The lowest BCUT2D eigenvalue weighted by Crippen LogP contribution is -1.91. The van der Waals surface area contributed by atoms with Gasteiger partial charge in [-0.3, -0.25) is 0 Å². The Morgan fingerprint density at radius 2 is 2.06 bits per heavy atom. The van der Waals surface area contributed by atoms with Crippen LogP contribution in [0.2, 0.25) is 0 Å². The van der Waals surface area contributed by atoms with E-state index in [1.807, 2.05) is 24.3 Å². The van der Waals surface area contributed by atoms with Gasteiger partial charge in [-0.2, -0.15) is 0 Å². The highest BCUT2D eigenvalue weighted by Gasteiger charge is 2.08. The molecule has 2 N–H and O–H groups in total. The third-order valence-corrected chi connectivity index (χ3v) is 3.99. The van der Waals surface area contributed by atoms with Gasteiger partial charge in [-0.15, -0.1) is 0 Å². The van der Waals surface area contributed by atoms with Gasteiger partial charge in [0, 0.05) is 15.5 Å². The molecule has 0 spiro atoms. The van der Waals surface area contributed by atoms with Crippen LogP contribution in [0.3, 0.4) is 0 Å². The minimum atomic E-state index is -0.324. The Kier molecular flexibility index (Phi) is 4.14. The fraction of sp³-hybridized carbons (Fsp3) is 0.0769. The number of rotatable bonds is 3. The van der Waals surface area contributed by atoms with Crippen LogP contribution in [0.1, 0.15) is 0 Å². The monoisotopic (exact) mass is 327 g/mol. The molecule has 0 unspecified atom stereocenters. The molecule has 94 valence electrons. The molecule has 0 saturated heterocycles. The molecule has 2 nitrogen and oxygen atoms in total. The fourth-order valence-corrected chi connectivity index (χ4v) is 2.70. The number of anilines is 1. The molecule has 2 rings (SSSR count). The van der Waals surface area contributed by atoms with Crippen LogP contribution >= 0.6 is 27.7 Å². The summed E-state index contributed by atoms with van der Waals surface area (Å²) in [7, 11) is 1.61. The highest BCUT2D eigenvalue weighted by molar-refractivity contribution is 9.10. The molecule has 0 bridgehead atoms. The summed E-state index contributed by atoms with van der Waals surface area (Å²) >= 11 is 4.50. The maximum Gasteiger partial charge on any atom is 0.138 e. The van der Waals surface area contributed by atoms with Gasteiger partial charge in [-0.1, -0.05) is 17.8 Å². The number of hydrogen-bond acceptors (Lipinski definition) is 3. The smallest absolute Gasteiger partial charge is 0.138 e. The zero-order valence-electron chi connectivity index (χ0n) is 9.61. The van der Waals surface area contributed by atoms with Crippen LogP contribution in [-0.4, -0.2) is 7.11 Å².